The highest BCUT2D eigenvalue weighted by atomic mass is 32.2. The van der Waals surface area contributed by atoms with Gasteiger partial charge in [0.15, 0.2) is 0 Å². The van der Waals surface area contributed by atoms with E-state index in [1.54, 1.807) is 29.6 Å². The minimum atomic E-state index is -0.170. The SMILES string of the molecule is Cc1sc2ncnc(SCC(=O)N(C)Cc3nc4ccsc4c(=O)[nH]3)c2c1C. The summed E-state index contributed by atoms with van der Waals surface area (Å²) < 4.78 is 0.600. The largest absolute Gasteiger partial charge is 0.338 e. The molecule has 0 aliphatic carbocycles. The Kier molecular flexibility index (Phi) is 5.17. The maximum absolute atomic E-state index is 12.6. The highest BCUT2D eigenvalue weighted by Crippen LogP contribution is 2.34. The molecular formula is C18H17N5O2S3. The molecule has 0 bridgehead atoms. The Balaban J connectivity index is 1.47. The number of hydrogen-bond acceptors (Lipinski definition) is 8. The highest BCUT2D eigenvalue weighted by molar-refractivity contribution is 8.00. The predicted octanol–water partition coefficient (Wildman–Crippen LogP) is 3.36. The number of carbonyl (C=O) groups excluding carboxylic acids is 1. The molecule has 0 unspecified atom stereocenters. The number of amides is 1. The number of H-pyrrole nitrogens is 1. The van der Waals surface area contributed by atoms with E-state index in [1.165, 1.54) is 28.0 Å². The van der Waals surface area contributed by atoms with E-state index in [1.807, 2.05) is 11.4 Å². The number of nitrogens with one attached hydrogen (secondary N) is 1. The third kappa shape index (κ3) is 3.54. The number of aromatic amines is 1. The molecule has 4 aromatic rings. The average molecular weight is 432 g/mol. The Morgan fingerprint density at radius 1 is 1.32 bits per heavy atom. The van der Waals surface area contributed by atoms with E-state index in [9.17, 15) is 9.59 Å². The van der Waals surface area contributed by atoms with Crippen LogP contribution in [0.15, 0.2) is 27.6 Å². The van der Waals surface area contributed by atoms with Crippen molar-refractivity contribution in [1.82, 2.24) is 24.8 Å². The minimum absolute atomic E-state index is 0.0607. The zero-order valence-corrected chi connectivity index (χ0v) is 17.9. The molecule has 144 valence electrons. The average Bonchev–Trinajstić information content (AvgIpc) is 3.25. The summed E-state index contributed by atoms with van der Waals surface area (Å²) in [5, 5.41) is 3.68. The number of fused-ring (bicyclic) bond motifs is 2. The van der Waals surface area contributed by atoms with Gasteiger partial charge in [-0.15, -0.1) is 22.7 Å². The number of aromatic nitrogens is 4. The Bertz CT molecular complexity index is 1240. The summed E-state index contributed by atoms with van der Waals surface area (Å²) in [4.78, 5) is 44.3. The van der Waals surface area contributed by atoms with Crippen LogP contribution in [0.3, 0.4) is 0 Å². The third-order valence-electron chi connectivity index (χ3n) is 4.44. The second-order valence-electron chi connectivity index (χ2n) is 6.33. The molecule has 0 saturated carbocycles. The Morgan fingerprint density at radius 2 is 2.14 bits per heavy atom. The van der Waals surface area contributed by atoms with Gasteiger partial charge >= 0.3 is 0 Å². The van der Waals surface area contributed by atoms with E-state index in [4.69, 9.17) is 0 Å². The molecule has 0 aliphatic rings. The first-order valence-corrected chi connectivity index (χ1v) is 11.2. The van der Waals surface area contributed by atoms with Crippen LogP contribution < -0.4 is 5.56 Å². The van der Waals surface area contributed by atoms with Gasteiger partial charge in [-0.05, 0) is 30.9 Å². The van der Waals surface area contributed by atoms with Crippen LogP contribution in [0.5, 0.6) is 0 Å². The summed E-state index contributed by atoms with van der Waals surface area (Å²) in [5.41, 5.74) is 1.65. The maximum atomic E-state index is 12.6. The van der Waals surface area contributed by atoms with E-state index in [2.05, 4.69) is 33.8 Å². The molecular weight excluding hydrogens is 414 g/mol. The van der Waals surface area contributed by atoms with Gasteiger partial charge in [0.05, 0.1) is 17.8 Å². The molecule has 4 aromatic heterocycles. The summed E-state index contributed by atoms with van der Waals surface area (Å²) >= 11 is 4.40. The van der Waals surface area contributed by atoms with Gasteiger partial charge in [0.25, 0.3) is 5.56 Å². The maximum Gasteiger partial charge on any atom is 0.268 e. The molecule has 4 heterocycles. The molecule has 0 saturated heterocycles. The summed E-state index contributed by atoms with van der Waals surface area (Å²) in [7, 11) is 1.70. The van der Waals surface area contributed by atoms with E-state index >= 15 is 0 Å². The predicted molar refractivity (Wildman–Crippen MR) is 114 cm³/mol. The monoisotopic (exact) mass is 431 g/mol. The van der Waals surface area contributed by atoms with Gasteiger partial charge in [-0.25, -0.2) is 15.0 Å². The summed E-state index contributed by atoms with van der Waals surface area (Å²) in [6.07, 6.45) is 1.54. The second kappa shape index (κ2) is 7.61. The molecule has 4 rings (SSSR count). The first-order valence-electron chi connectivity index (χ1n) is 8.48. The van der Waals surface area contributed by atoms with Gasteiger partial charge < -0.3 is 9.88 Å². The number of thiophene rings is 2. The Labute approximate surface area is 172 Å². The lowest BCUT2D eigenvalue weighted by Crippen LogP contribution is -2.29. The van der Waals surface area contributed by atoms with Gasteiger partial charge in [0, 0.05) is 17.3 Å². The molecule has 0 spiro atoms. The van der Waals surface area contributed by atoms with Gasteiger partial charge in [-0.2, -0.15) is 0 Å². The highest BCUT2D eigenvalue weighted by Gasteiger charge is 2.16. The van der Waals surface area contributed by atoms with Crippen LogP contribution in [-0.4, -0.2) is 43.5 Å². The molecule has 0 atom stereocenters. The second-order valence-corrected chi connectivity index (χ2v) is 9.41. The molecule has 1 amide bonds. The number of carbonyl (C=O) groups is 1. The Hall–Kier alpha value is -2.30. The summed E-state index contributed by atoms with van der Waals surface area (Å²) in [5.74, 6) is 0.668. The number of aryl methyl sites for hydroxylation is 2. The van der Waals surface area contributed by atoms with Crippen LogP contribution in [0.2, 0.25) is 0 Å². The molecule has 0 aromatic carbocycles. The summed E-state index contributed by atoms with van der Waals surface area (Å²) in [6.45, 7) is 4.36. The molecule has 1 N–H and O–H groups in total. The van der Waals surface area contributed by atoms with Gasteiger partial charge in [0.1, 0.15) is 26.7 Å². The normalized spacial score (nSPS) is 11.4. The van der Waals surface area contributed by atoms with Crippen LogP contribution >= 0.6 is 34.4 Å². The van der Waals surface area contributed by atoms with E-state index in [-0.39, 0.29) is 23.8 Å². The summed E-state index contributed by atoms with van der Waals surface area (Å²) in [6, 6.07) is 1.81. The van der Waals surface area contributed by atoms with Crippen molar-refractivity contribution in [2.75, 3.05) is 12.8 Å². The van der Waals surface area contributed by atoms with Gasteiger partial charge in [-0.1, -0.05) is 11.8 Å². The minimum Gasteiger partial charge on any atom is -0.338 e. The van der Waals surface area contributed by atoms with Crippen LogP contribution in [0.1, 0.15) is 16.3 Å². The molecule has 28 heavy (non-hydrogen) atoms. The number of thioether (sulfide) groups is 1. The van der Waals surface area contributed by atoms with Crippen molar-refractivity contribution in [3.8, 4) is 0 Å². The van der Waals surface area contributed by atoms with Crippen LogP contribution in [0, 0.1) is 13.8 Å². The molecule has 0 fully saturated rings. The fraction of sp³-hybridized carbons (Fsp3) is 0.278. The van der Waals surface area contributed by atoms with Crippen molar-refractivity contribution in [3.63, 3.8) is 0 Å². The smallest absolute Gasteiger partial charge is 0.268 e. The molecule has 10 heteroatoms. The Morgan fingerprint density at radius 3 is 2.96 bits per heavy atom. The van der Waals surface area contributed by atoms with Gasteiger partial charge in [0.2, 0.25) is 5.91 Å². The lowest BCUT2D eigenvalue weighted by molar-refractivity contribution is -0.127. The third-order valence-corrected chi connectivity index (χ3v) is 7.43. The van der Waals surface area contributed by atoms with E-state index in [0.29, 0.717) is 16.0 Å². The van der Waals surface area contributed by atoms with Crippen molar-refractivity contribution >= 4 is 60.8 Å². The van der Waals surface area contributed by atoms with Crippen LogP contribution in [0.25, 0.3) is 20.4 Å². The fourth-order valence-electron chi connectivity index (χ4n) is 2.81. The van der Waals surface area contributed by atoms with Gasteiger partial charge in [-0.3, -0.25) is 9.59 Å². The number of hydrogen-bond donors (Lipinski definition) is 1. The van der Waals surface area contributed by atoms with E-state index in [0.717, 1.165) is 20.8 Å². The van der Waals surface area contributed by atoms with Crippen molar-refractivity contribution < 1.29 is 4.79 Å². The lowest BCUT2D eigenvalue weighted by atomic mass is 10.2. The number of nitrogens with zero attached hydrogens (tertiary/aromatic N) is 4. The number of rotatable bonds is 5. The first kappa shape index (κ1) is 19.0. The zero-order chi connectivity index (χ0) is 19.8. The van der Waals surface area contributed by atoms with Crippen molar-refractivity contribution in [1.29, 1.82) is 0 Å². The zero-order valence-electron chi connectivity index (χ0n) is 15.5. The van der Waals surface area contributed by atoms with Crippen molar-refractivity contribution in [2.24, 2.45) is 0 Å². The van der Waals surface area contributed by atoms with Crippen molar-refractivity contribution in [3.05, 3.63) is 44.4 Å². The quantitative estimate of drug-likeness (QED) is 0.385. The van der Waals surface area contributed by atoms with E-state index < -0.39 is 0 Å². The molecule has 0 radical (unpaired) electrons. The van der Waals surface area contributed by atoms with Crippen LogP contribution in [0.4, 0.5) is 0 Å². The topological polar surface area (TPSA) is 91.8 Å². The molecule has 7 nitrogen and oxygen atoms in total. The lowest BCUT2D eigenvalue weighted by Gasteiger charge is -2.16. The standard InChI is InChI=1S/C18H17N5O2S3/c1-9-10(2)28-18-14(9)17(19-8-20-18)27-7-13(24)23(3)6-12-21-11-4-5-26-15(11)16(25)22-12/h4-5,8H,6-7H2,1-3H3,(H,21,22,25). The van der Waals surface area contributed by atoms with Crippen molar-refractivity contribution in [2.45, 2.75) is 25.4 Å². The van der Waals surface area contributed by atoms with Crippen LogP contribution in [-0.2, 0) is 11.3 Å². The fourth-order valence-corrected chi connectivity index (χ4v) is 5.59. The first-order chi connectivity index (χ1) is 13.4. The molecule has 0 aliphatic heterocycles.